The number of ether oxygens (including phenoxy) is 2. The summed E-state index contributed by atoms with van der Waals surface area (Å²) in [5, 5.41) is 0. The van der Waals surface area contributed by atoms with Crippen molar-refractivity contribution in [2.45, 2.75) is 17.4 Å². The lowest BCUT2D eigenvalue weighted by atomic mass is 9.97. The van der Waals surface area contributed by atoms with Crippen molar-refractivity contribution in [1.29, 1.82) is 0 Å². The average Bonchev–Trinajstić information content (AvgIpc) is 2.42. The van der Waals surface area contributed by atoms with E-state index in [9.17, 15) is 13.2 Å². The summed E-state index contributed by atoms with van der Waals surface area (Å²) in [6.45, 7) is -0.885. The summed E-state index contributed by atoms with van der Waals surface area (Å²) in [7, 11) is 1.37. The molecule has 0 bridgehead atoms. The normalized spacial score (nSPS) is 14.7. The highest BCUT2D eigenvalue weighted by Gasteiger charge is 2.30. The van der Waals surface area contributed by atoms with Crippen LogP contribution >= 0.6 is 23.2 Å². The van der Waals surface area contributed by atoms with Gasteiger partial charge >= 0.3 is 6.18 Å². The number of benzene rings is 1. The van der Waals surface area contributed by atoms with Crippen molar-refractivity contribution in [3.63, 3.8) is 0 Å². The molecule has 1 aromatic rings. The zero-order valence-electron chi connectivity index (χ0n) is 11.0. The third-order valence-corrected chi connectivity index (χ3v) is 3.34. The van der Waals surface area contributed by atoms with Crippen molar-refractivity contribution in [1.82, 2.24) is 0 Å². The lowest BCUT2D eigenvalue weighted by Gasteiger charge is -2.21. The van der Waals surface area contributed by atoms with E-state index in [1.807, 2.05) is 0 Å². The summed E-state index contributed by atoms with van der Waals surface area (Å²) in [6, 6.07) is 3.07. The molecule has 1 heterocycles. The van der Waals surface area contributed by atoms with Gasteiger partial charge in [-0.3, -0.25) is 4.99 Å². The van der Waals surface area contributed by atoms with Crippen LogP contribution in [0.25, 0.3) is 0 Å². The summed E-state index contributed by atoms with van der Waals surface area (Å²) in [6.07, 6.45) is -3.80. The molecule has 1 aliphatic rings. The van der Waals surface area contributed by atoms with Gasteiger partial charge in [0.25, 0.3) is 0 Å². The molecule has 116 valence electrons. The topological polar surface area (TPSA) is 30.8 Å². The van der Waals surface area contributed by atoms with Crippen LogP contribution in [0.4, 0.5) is 13.2 Å². The number of halogens is 5. The van der Waals surface area contributed by atoms with E-state index in [0.29, 0.717) is 24.2 Å². The fourth-order valence-electron chi connectivity index (χ4n) is 2.05. The SMILES string of the molecule is COc1cc2c(cc1OCC(F)(F)F)C(C(Cl)Cl)=NCC2. The summed E-state index contributed by atoms with van der Waals surface area (Å²) in [5.41, 5.74) is 1.89. The monoisotopic (exact) mass is 341 g/mol. The summed E-state index contributed by atoms with van der Waals surface area (Å²) in [4.78, 5) is 3.36. The van der Waals surface area contributed by atoms with E-state index in [4.69, 9.17) is 32.7 Å². The van der Waals surface area contributed by atoms with Gasteiger partial charge in [0.15, 0.2) is 18.1 Å². The molecule has 21 heavy (non-hydrogen) atoms. The Bertz CT molecular complexity index is 559. The van der Waals surface area contributed by atoms with E-state index in [0.717, 1.165) is 5.56 Å². The van der Waals surface area contributed by atoms with Gasteiger partial charge in [-0.05, 0) is 24.1 Å². The average molecular weight is 342 g/mol. The second-order valence-corrected chi connectivity index (χ2v) is 5.48. The van der Waals surface area contributed by atoms with Crippen molar-refractivity contribution in [3.8, 4) is 11.5 Å². The molecule has 0 atom stereocenters. The molecule has 1 aromatic carbocycles. The first-order chi connectivity index (χ1) is 9.81. The smallest absolute Gasteiger partial charge is 0.422 e. The van der Waals surface area contributed by atoms with Gasteiger partial charge in [0.05, 0.1) is 12.8 Å². The van der Waals surface area contributed by atoms with Gasteiger partial charge in [0.1, 0.15) is 4.84 Å². The summed E-state index contributed by atoms with van der Waals surface area (Å²) < 4.78 is 46.7. The molecule has 0 radical (unpaired) electrons. The number of alkyl halides is 5. The number of aliphatic imine (C=N–C) groups is 1. The largest absolute Gasteiger partial charge is 0.493 e. The highest BCUT2D eigenvalue weighted by atomic mass is 35.5. The van der Waals surface area contributed by atoms with Crippen molar-refractivity contribution in [3.05, 3.63) is 23.3 Å². The Labute approximate surface area is 129 Å². The Morgan fingerprint density at radius 2 is 2.00 bits per heavy atom. The summed E-state index contributed by atoms with van der Waals surface area (Å²) in [5.74, 6) is 0.220. The number of rotatable bonds is 4. The molecule has 0 fully saturated rings. The van der Waals surface area contributed by atoms with E-state index in [2.05, 4.69) is 4.99 Å². The van der Waals surface area contributed by atoms with Gasteiger partial charge in [-0.15, -0.1) is 0 Å². The van der Waals surface area contributed by atoms with E-state index >= 15 is 0 Å². The molecule has 0 unspecified atom stereocenters. The molecular weight excluding hydrogens is 330 g/mol. The van der Waals surface area contributed by atoms with E-state index in [-0.39, 0.29) is 11.5 Å². The second-order valence-electron chi connectivity index (χ2n) is 4.38. The van der Waals surface area contributed by atoms with E-state index in [1.54, 1.807) is 6.07 Å². The molecule has 0 amide bonds. The first kappa shape index (κ1) is 16.2. The minimum atomic E-state index is -4.43. The molecule has 3 nitrogen and oxygen atoms in total. The standard InChI is InChI=1S/C13H12Cl2F3NO2/c1-20-9-4-7-2-3-19-11(12(14)15)8(7)5-10(9)21-6-13(16,17)18/h4-5,12H,2-3,6H2,1H3. The first-order valence-corrected chi connectivity index (χ1v) is 6.92. The Balaban J connectivity index is 2.38. The lowest BCUT2D eigenvalue weighted by molar-refractivity contribution is -0.153. The molecule has 8 heteroatoms. The molecule has 0 aromatic heterocycles. The predicted octanol–water partition coefficient (Wildman–Crippen LogP) is 3.79. The van der Waals surface area contributed by atoms with Crippen LogP contribution in [0.3, 0.4) is 0 Å². The Kier molecular flexibility index (Phi) is 4.88. The van der Waals surface area contributed by atoms with Crippen molar-refractivity contribution in [2.75, 3.05) is 20.3 Å². The number of methoxy groups -OCH3 is 1. The van der Waals surface area contributed by atoms with Crippen LogP contribution in [0.1, 0.15) is 11.1 Å². The zero-order chi connectivity index (χ0) is 15.6. The third kappa shape index (κ3) is 3.95. The van der Waals surface area contributed by atoms with Gasteiger partial charge in [0, 0.05) is 12.1 Å². The number of nitrogens with zero attached hydrogens (tertiary/aromatic N) is 1. The third-order valence-electron chi connectivity index (χ3n) is 2.93. The van der Waals surface area contributed by atoms with Crippen LogP contribution in [-0.4, -0.2) is 37.0 Å². The Morgan fingerprint density at radius 3 is 2.57 bits per heavy atom. The van der Waals surface area contributed by atoms with Crippen LogP contribution in [0.2, 0.25) is 0 Å². The van der Waals surface area contributed by atoms with Crippen LogP contribution in [-0.2, 0) is 6.42 Å². The molecule has 0 saturated heterocycles. The maximum Gasteiger partial charge on any atom is 0.422 e. The first-order valence-electron chi connectivity index (χ1n) is 6.05. The highest BCUT2D eigenvalue weighted by Crippen LogP contribution is 2.35. The van der Waals surface area contributed by atoms with Gasteiger partial charge in [-0.25, -0.2) is 0 Å². The van der Waals surface area contributed by atoms with Crippen LogP contribution < -0.4 is 9.47 Å². The number of hydrogen-bond donors (Lipinski definition) is 0. The highest BCUT2D eigenvalue weighted by molar-refractivity contribution is 6.56. The molecule has 0 spiro atoms. The van der Waals surface area contributed by atoms with Crippen molar-refractivity contribution >= 4 is 28.9 Å². The molecule has 0 saturated carbocycles. The van der Waals surface area contributed by atoms with Crippen molar-refractivity contribution < 1.29 is 22.6 Å². The number of hydrogen-bond acceptors (Lipinski definition) is 3. The molecule has 0 aliphatic carbocycles. The van der Waals surface area contributed by atoms with Gasteiger partial charge in [0.2, 0.25) is 0 Å². The molecule has 1 aliphatic heterocycles. The van der Waals surface area contributed by atoms with Crippen molar-refractivity contribution in [2.24, 2.45) is 4.99 Å². The van der Waals surface area contributed by atoms with Crippen LogP contribution in [0.15, 0.2) is 17.1 Å². The summed E-state index contributed by atoms with van der Waals surface area (Å²) >= 11 is 11.7. The number of fused-ring (bicyclic) bond motifs is 1. The maximum atomic E-state index is 12.3. The predicted molar refractivity (Wildman–Crippen MR) is 75.1 cm³/mol. The van der Waals surface area contributed by atoms with E-state index in [1.165, 1.54) is 13.2 Å². The van der Waals surface area contributed by atoms with E-state index < -0.39 is 17.6 Å². The Hall–Kier alpha value is -1.14. The van der Waals surface area contributed by atoms with Crippen LogP contribution in [0.5, 0.6) is 11.5 Å². The van der Waals surface area contributed by atoms with Crippen LogP contribution in [0, 0.1) is 0 Å². The molecular formula is C13H12Cl2F3NO2. The molecule has 2 rings (SSSR count). The fraction of sp³-hybridized carbons (Fsp3) is 0.462. The zero-order valence-corrected chi connectivity index (χ0v) is 12.5. The maximum absolute atomic E-state index is 12.3. The minimum Gasteiger partial charge on any atom is -0.493 e. The fourth-order valence-corrected chi connectivity index (χ4v) is 2.42. The van der Waals surface area contributed by atoms with Gasteiger partial charge < -0.3 is 9.47 Å². The lowest BCUT2D eigenvalue weighted by Crippen LogP contribution is -2.21. The van der Waals surface area contributed by atoms with Gasteiger partial charge in [-0.2, -0.15) is 13.2 Å². The second kappa shape index (κ2) is 6.32. The molecule has 0 N–H and O–H groups in total. The quantitative estimate of drug-likeness (QED) is 0.780. The Morgan fingerprint density at radius 1 is 1.29 bits per heavy atom. The minimum absolute atomic E-state index is 0.0165. The van der Waals surface area contributed by atoms with Gasteiger partial charge in [-0.1, -0.05) is 23.2 Å².